The standard InChI is InChI=1S/C36H32O10S2.C29H25BrO10S2.C7H9BO2/c1-19-3-5-21(6-4-19)22-9-25-13-29-17-31(47(41,42)43)15-27(35(29)39)11-23-7-20(2)8-24(33(23)37)12-28-16-32(48(44,45)46)18-30(36(28)40)14-26(10-22)34(25)38;1-14-2-15-4-19-10-24(41(35,36)37)12-21(28(19)33)6-17-8-23(30)9-18(27(17)32)7-22-13-25(42(38,39)40)11-20(29(22)34)5-16(3-14)26(15)31;1-6-2-4-7(5-3-6)8(9)10/h3-10,15-18,37-40H,11-14H2,1-2H3,(H,41,42,43)(H,44,45,46);2-3,8-13,31-34H,4-7H2,1H3,(H,35,36,37)(H,38,39,40);2-5,9-10H,1H3/p-4. The molecule has 12 rings (SSSR count). The average Bonchev–Trinajstić information content (AvgIpc) is 0.778. The fourth-order valence-electron chi connectivity index (χ4n) is 12.3. The summed E-state index contributed by atoms with van der Waals surface area (Å²) in [4.78, 5) is -2.39. The Morgan fingerprint density at radius 2 is 0.470 bits per heavy atom. The molecule has 28 heteroatoms. The van der Waals surface area contributed by atoms with E-state index in [2.05, 4.69) is 15.9 Å². The van der Waals surface area contributed by atoms with Crippen molar-refractivity contribution in [2.24, 2.45) is 0 Å². The average molecular weight is 1500 g/mol. The third-order valence-electron chi connectivity index (χ3n) is 17.3. The first-order valence-electron chi connectivity index (χ1n) is 30.4. The molecule has 0 saturated heterocycles. The fourth-order valence-corrected chi connectivity index (χ4v) is 15.1. The molecule has 0 amide bonds. The summed E-state index contributed by atoms with van der Waals surface area (Å²) >= 11 is 3.35. The number of phenolic OH excluding ortho intramolecular Hbond substituents is 8. The van der Waals surface area contributed by atoms with E-state index in [1.54, 1.807) is 62.4 Å². The lowest BCUT2D eigenvalue weighted by Crippen LogP contribution is -2.29. The van der Waals surface area contributed by atoms with E-state index in [0.717, 1.165) is 65.2 Å². The minimum atomic E-state index is -5.00. The molecule has 100 heavy (non-hydrogen) atoms. The Kier molecular flexibility index (Phi) is 20.8. The van der Waals surface area contributed by atoms with Crippen molar-refractivity contribution in [1.82, 2.24) is 0 Å². The van der Waals surface area contributed by atoms with Crippen LogP contribution in [0.2, 0.25) is 0 Å². The maximum absolute atomic E-state index is 12.3. The zero-order valence-corrected chi connectivity index (χ0v) is 58.3. The Morgan fingerprint density at radius 3 is 0.680 bits per heavy atom. The summed E-state index contributed by atoms with van der Waals surface area (Å²) in [6.45, 7) is 7.30. The van der Waals surface area contributed by atoms with Crippen molar-refractivity contribution in [2.45, 2.75) is 98.6 Å². The van der Waals surface area contributed by atoms with Crippen molar-refractivity contribution in [2.75, 3.05) is 0 Å². The number of benzene rings is 10. The minimum Gasteiger partial charge on any atom is -0.744 e. The Labute approximate surface area is 585 Å². The Hall–Kier alpha value is -9.30. The van der Waals surface area contributed by atoms with Gasteiger partial charge in [-0.2, -0.15) is 0 Å². The number of fused-ring (bicyclic) bond motifs is 16. The van der Waals surface area contributed by atoms with Crippen LogP contribution >= 0.6 is 15.9 Å². The Morgan fingerprint density at radius 1 is 0.280 bits per heavy atom. The topological polar surface area (TPSA) is 431 Å². The second-order valence-corrected chi connectivity index (χ2v) is 31.3. The van der Waals surface area contributed by atoms with Crippen LogP contribution in [0, 0.1) is 27.7 Å². The summed E-state index contributed by atoms with van der Waals surface area (Å²) in [6, 6.07) is 35.5. The minimum absolute atomic E-state index is 0.0188. The summed E-state index contributed by atoms with van der Waals surface area (Å²) in [5, 5.41) is 108. The van der Waals surface area contributed by atoms with Gasteiger partial charge in [-0.1, -0.05) is 111 Å². The molecule has 0 aliphatic heterocycles. The molecule has 10 N–H and O–H groups in total. The highest BCUT2D eigenvalue weighted by Crippen LogP contribution is 2.44. The van der Waals surface area contributed by atoms with Crippen LogP contribution in [0.5, 0.6) is 46.0 Å². The molecule has 10 aromatic carbocycles. The van der Waals surface area contributed by atoms with E-state index >= 15 is 0 Å². The predicted octanol–water partition coefficient (Wildman–Crippen LogP) is 9.02. The van der Waals surface area contributed by atoms with Gasteiger partial charge in [-0.15, -0.1) is 0 Å². The molecule has 0 saturated carbocycles. The summed E-state index contributed by atoms with van der Waals surface area (Å²) < 4.78 is 146. The molecule has 0 heterocycles. The molecule has 520 valence electrons. The van der Waals surface area contributed by atoms with Crippen molar-refractivity contribution >= 4 is 69.0 Å². The van der Waals surface area contributed by atoms with E-state index in [0.29, 0.717) is 26.6 Å². The molecular weight excluding hydrogens is 1440 g/mol. The largest absolute Gasteiger partial charge is 0.744 e. The fraction of sp³-hybridized carbons (Fsp3) is 0.167. The number of rotatable bonds is 6. The van der Waals surface area contributed by atoms with E-state index in [1.807, 2.05) is 50.2 Å². The van der Waals surface area contributed by atoms with Crippen molar-refractivity contribution < 1.29 is 103 Å². The van der Waals surface area contributed by atoms with Gasteiger partial charge in [0.15, 0.2) is 0 Å². The quantitative estimate of drug-likeness (QED) is 0.0548. The molecular formula is C72H62BBrO22S4-4. The maximum atomic E-state index is 12.3. The number of hydrogen-bond donors (Lipinski definition) is 10. The van der Waals surface area contributed by atoms with Crippen LogP contribution in [0.15, 0.2) is 170 Å². The van der Waals surface area contributed by atoms with E-state index < -0.39 is 67.2 Å². The van der Waals surface area contributed by atoms with Crippen LogP contribution in [-0.2, 0) is 91.8 Å². The van der Waals surface area contributed by atoms with Gasteiger partial charge in [0.25, 0.3) is 0 Å². The molecule has 0 aromatic heterocycles. The smallest absolute Gasteiger partial charge is 0.488 e. The van der Waals surface area contributed by atoms with Crippen molar-refractivity contribution in [1.29, 1.82) is 0 Å². The van der Waals surface area contributed by atoms with Crippen LogP contribution in [-0.4, -0.2) is 110 Å². The number of halogens is 1. The van der Waals surface area contributed by atoms with Crippen LogP contribution in [0.25, 0.3) is 11.1 Å². The van der Waals surface area contributed by atoms with Crippen molar-refractivity contribution in [3.8, 4) is 57.1 Å². The first-order chi connectivity index (χ1) is 46.7. The van der Waals surface area contributed by atoms with Gasteiger partial charge in [0.1, 0.15) is 86.5 Å². The van der Waals surface area contributed by atoms with Gasteiger partial charge in [-0.05, 0) is 206 Å². The van der Waals surface area contributed by atoms with Crippen LogP contribution in [0.4, 0.5) is 0 Å². The summed E-state index contributed by atoms with van der Waals surface area (Å²) in [7, 11) is -21.3. The third-order valence-corrected chi connectivity index (χ3v) is 21.0. The molecule has 22 nitrogen and oxygen atoms in total. The molecule has 0 unspecified atom stereocenters. The van der Waals surface area contributed by atoms with Crippen LogP contribution < -0.4 is 5.46 Å². The normalized spacial score (nSPS) is 13.1. The van der Waals surface area contributed by atoms with E-state index in [1.165, 1.54) is 12.1 Å². The van der Waals surface area contributed by atoms with Crippen molar-refractivity contribution in [3.05, 3.63) is 261 Å². The number of hydrogen-bond acceptors (Lipinski definition) is 22. The molecule has 10 aromatic rings. The molecule has 0 atom stereocenters. The molecule has 16 bridgehead atoms. The van der Waals surface area contributed by atoms with Gasteiger partial charge in [-0.3, -0.25) is 0 Å². The molecule has 0 radical (unpaired) electrons. The van der Waals surface area contributed by atoms with Crippen molar-refractivity contribution in [3.63, 3.8) is 0 Å². The Balaban J connectivity index is 0.000000191. The molecule has 2 aliphatic carbocycles. The maximum Gasteiger partial charge on any atom is 0.488 e. The highest BCUT2D eigenvalue weighted by molar-refractivity contribution is 9.10. The predicted molar refractivity (Wildman–Crippen MR) is 368 cm³/mol. The first kappa shape index (κ1) is 73.4. The number of aromatic hydroxyl groups is 8. The van der Waals surface area contributed by atoms with Gasteiger partial charge in [0.05, 0.1) is 19.6 Å². The first-order valence-corrected chi connectivity index (χ1v) is 36.8. The lowest BCUT2D eigenvalue weighted by atomic mass is 9.80. The molecule has 0 spiro atoms. The number of aryl methyl sites for hydroxylation is 4. The SMILES string of the molecule is Cc1cc2c(O)c(c1)Cc1cc(S(=O)(=O)[O-])cc(c1O)Cc1cc(Br)cc(c1O)Cc1cc(S(=O)(=O)[O-])cc(c1O)C2.Cc1ccc(-c2cc3c(O)c(c2)Cc2cc(S(=O)(=O)[O-])cc(c2O)Cc2cc(C)cc(c2O)Cc2cc(S(=O)(=O)[O-])cc(c2O)C3)cc1.Cc1ccc(B(O)O)cc1. The highest BCUT2D eigenvalue weighted by atomic mass is 79.9. The van der Waals surface area contributed by atoms with E-state index in [9.17, 15) is 92.7 Å². The van der Waals surface area contributed by atoms with Gasteiger partial charge >= 0.3 is 7.12 Å². The molecule has 0 fully saturated rings. The second kappa shape index (κ2) is 28.4. The Bertz CT molecular complexity index is 5060. The van der Waals surface area contributed by atoms with Gasteiger partial charge in [0.2, 0.25) is 0 Å². The highest BCUT2D eigenvalue weighted by Gasteiger charge is 2.26. The zero-order valence-electron chi connectivity index (χ0n) is 53.5. The summed E-state index contributed by atoms with van der Waals surface area (Å²) in [5.41, 5.74) is 7.33. The molecule has 2 aliphatic rings. The zero-order chi connectivity index (χ0) is 73.0. The third kappa shape index (κ3) is 16.6. The summed E-state index contributed by atoms with van der Waals surface area (Å²) in [6.07, 6.45) is -1.76. The van der Waals surface area contributed by atoms with Gasteiger partial charge in [0, 0.05) is 55.8 Å². The summed E-state index contributed by atoms with van der Waals surface area (Å²) in [5.74, 6) is -2.44. The lowest BCUT2D eigenvalue weighted by Gasteiger charge is -2.20. The van der Waals surface area contributed by atoms with Gasteiger partial charge in [-0.25, -0.2) is 33.7 Å². The van der Waals surface area contributed by atoms with E-state index in [4.69, 9.17) is 10.0 Å². The number of phenols is 8. The van der Waals surface area contributed by atoms with Gasteiger partial charge < -0.3 is 69.1 Å². The second-order valence-electron chi connectivity index (χ2n) is 24.8. The monoisotopic (exact) mass is 1500 g/mol. The van der Waals surface area contributed by atoms with E-state index in [-0.39, 0.29) is 186 Å². The lowest BCUT2D eigenvalue weighted by molar-refractivity contribution is 0.425. The van der Waals surface area contributed by atoms with Crippen LogP contribution in [0.1, 0.15) is 111 Å². The van der Waals surface area contributed by atoms with Crippen LogP contribution in [0.3, 0.4) is 0 Å².